The zero-order valence-corrected chi connectivity index (χ0v) is 18.3. The number of aromatic nitrogens is 2. The van der Waals surface area contributed by atoms with Crippen molar-refractivity contribution in [2.75, 3.05) is 26.3 Å². The number of hydrogen-bond donors (Lipinski definition) is 0. The summed E-state index contributed by atoms with van der Waals surface area (Å²) in [7, 11) is -3.36. The highest BCUT2D eigenvalue weighted by molar-refractivity contribution is 7.88. The smallest absolute Gasteiger partial charge is 0.218 e. The van der Waals surface area contributed by atoms with Gasteiger partial charge in [-0.25, -0.2) is 18.4 Å². The van der Waals surface area contributed by atoms with Crippen LogP contribution in [0.4, 0.5) is 0 Å². The quantitative estimate of drug-likeness (QED) is 0.462. The topological polar surface area (TPSA) is 72.4 Å². The summed E-state index contributed by atoms with van der Waals surface area (Å²) in [6.45, 7) is 1.71. The van der Waals surface area contributed by atoms with Crippen molar-refractivity contribution in [3.63, 3.8) is 0 Å². The molecule has 0 radical (unpaired) electrons. The maximum atomic E-state index is 12.7. The summed E-state index contributed by atoms with van der Waals surface area (Å²) in [5.41, 5.74) is 4.37. The van der Waals surface area contributed by atoms with Gasteiger partial charge in [0, 0.05) is 29.6 Å². The van der Waals surface area contributed by atoms with Gasteiger partial charge in [-0.3, -0.25) is 0 Å². The molecule has 0 unspecified atom stereocenters. The Morgan fingerprint density at radius 3 is 2.22 bits per heavy atom. The van der Waals surface area contributed by atoms with Gasteiger partial charge < -0.3 is 4.74 Å². The second-order valence-electron chi connectivity index (χ2n) is 7.74. The van der Waals surface area contributed by atoms with Crippen molar-refractivity contribution in [1.29, 1.82) is 0 Å². The van der Waals surface area contributed by atoms with Crippen molar-refractivity contribution in [3.05, 3.63) is 84.4 Å². The third-order valence-corrected chi connectivity index (χ3v) is 7.43. The Morgan fingerprint density at radius 1 is 0.781 bits per heavy atom. The third-order valence-electron chi connectivity index (χ3n) is 5.58. The molecule has 1 fully saturated rings. The molecule has 1 aliphatic rings. The molecule has 0 bridgehead atoms. The summed E-state index contributed by atoms with van der Waals surface area (Å²) in [6.07, 6.45) is 0. The Morgan fingerprint density at radius 2 is 1.47 bits per heavy atom. The minimum atomic E-state index is -3.36. The summed E-state index contributed by atoms with van der Waals surface area (Å²) in [6, 6.07) is 25.5. The molecule has 4 aromatic rings. The maximum absolute atomic E-state index is 12.7. The first-order valence-corrected chi connectivity index (χ1v) is 12.2. The first-order valence-electron chi connectivity index (χ1n) is 10.6. The largest absolute Gasteiger partial charge is 0.379 e. The number of para-hydroxylation sites is 1. The van der Waals surface area contributed by atoms with Crippen LogP contribution in [0.3, 0.4) is 0 Å². The molecule has 3 aromatic carbocycles. The highest BCUT2D eigenvalue weighted by Crippen LogP contribution is 2.29. The number of rotatable bonds is 5. The Bertz CT molecular complexity index is 1330. The molecule has 1 aliphatic heterocycles. The van der Waals surface area contributed by atoms with Gasteiger partial charge in [0.05, 0.1) is 30.2 Å². The lowest BCUT2D eigenvalue weighted by Gasteiger charge is -2.26. The van der Waals surface area contributed by atoms with Gasteiger partial charge in [0.15, 0.2) is 5.82 Å². The molecule has 5 rings (SSSR count). The van der Waals surface area contributed by atoms with E-state index in [-0.39, 0.29) is 5.75 Å². The molecule has 0 amide bonds. The summed E-state index contributed by atoms with van der Waals surface area (Å²) in [4.78, 5) is 9.63. The van der Waals surface area contributed by atoms with Crippen molar-refractivity contribution >= 4 is 20.9 Å². The van der Waals surface area contributed by atoms with Crippen LogP contribution in [0.15, 0.2) is 78.9 Å². The van der Waals surface area contributed by atoms with E-state index in [1.165, 1.54) is 4.31 Å². The highest BCUT2D eigenvalue weighted by atomic mass is 32.2. The van der Waals surface area contributed by atoms with Crippen LogP contribution in [-0.2, 0) is 20.5 Å². The summed E-state index contributed by atoms with van der Waals surface area (Å²) < 4.78 is 32.2. The average Bonchev–Trinajstić information content (AvgIpc) is 2.85. The molecular formula is C25H23N3O3S. The van der Waals surface area contributed by atoms with Crippen LogP contribution < -0.4 is 0 Å². The molecule has 0 aliphatic carbocycles. The number of sulfonamides is 1. The van der Waals surface area contributed by atoms with Gasteiger partial charge in [-0.15, -0.1) is 0 Å². The van der Waals surface area contributed by atoms with Gasteiger partial charge >= 0.3 is 0 Å². The van der Waals surface area contributed by atoms with E-state index in [2.05, 4.69) is 0 Å². The zero-order valence-electron chi connectivity index (χ0n) is 17.5. The highest BCUT2D eigenvalue weighted by Gasteiger charge is 2.24. The lowest BCUT2D eigenvalue weighted by Crippen LogP contribution is -2.41. The average molecular weight is 446 g/mol. The molecular weight excluding hydrogens is 422 g/mol. The minimum absolute atomic E-state index is 0.0267. The number of morpholine rings is 1. The molecule has 7 heteroatoms. The van der Waals surface area contributed by atoms with Crippen LogP contribution >= 0.6 is 0 Å². The first kappa shape index (κ1) is 20.8. The fraction of sp³-hybridized carbons (Fsp3) is 0.200. The van der Waals surface area contributed by atoms with Crippen LogP contribution in [0.5, 0.6) is 0 Å². The molecule has 0 atom stereocenters. The van der Waals surface area contributed by atoms with E-state index in [1.54, 1.807) is 0 Å². The molecule has 1 saturated heterocycles. The molecule has 0 saturated carbocycles. The molecule has 162 valence electrons. The standard InChI is InChI=1S/C25H23N3O3S/c29-32(30,28-14-16-31-17-15-28)18-19-10-12-21(13-11-19)25-26-23-9-5-4-8-22(23)24(27-25)20-6-2-1-3-7-20/h1-13H,14-18H2. The zero-order chi connectivity index (χ0) is 22.0. The summed E-state index contributed by atoms with van der Waals surface area (Å²) in [5, 5.41) is 0.996. The van der Waals surface area contributed by atoms with Crippen molar-refractivity contribution in [3.8, 4) is 22.6 Å². The predicted octanol–water partition coefficient (Wildman–Crippen LogP) is 4.13. The van der Waals surface area contributed by atoms with E-state index < -0.39 is 10.0 Å². The Labute approximate surface area is 187 Å². The van der Waals surface area contributed by atoms with E-state index >= 15 is 0 Å². The van der Waals surface area contributed by atoms with Crippen molar-refractivity contribution in [2.45, 2.75) is 5.75 Å². The van der Waals surface area contributed by atoms with Crippen LogP contribution in [0.2, 0.25) is 0 Å². The number of hydrogen-bond acceptors (Lipinski definition) is 5. The first-order chi connectivity index (χ1) is 15.6. The molecule has 6 nitrogen and oxygen atoms in total. The van der Waals surface area contributed by atoms with Crippen LogP contribution in [0.25, 0.3) is 33.5 Å². The Kier molecular flexibility index (Phi) is 5.70. The van der Waals surface area contributed by atoms with Gasteiger partial charge in [-0.1, -0.05) is 72.8 Å². The Balaban J connectivity index is 1.47. The maximum Gasteiger partial charge on any atom is 0.218 e. The number of ether oxygens (including phenoxy) is 1. The molecule has 0 N–H and O–H groups in total. The second kappa shape index (κ2) is 8.78. The van der Waals surface area contributed by atoms with Crippen molar-refractivity contribution in [1.82, 2.24) is 14.3 Å². The molecule has 0 spiro atoms. The van der Waals surface area contributed by atoms with E-state index in [1.807, 2.05) is 78.9 Å². The number of fused-ring (bicyclic) bond motifs is 1. The Hall–Kier alpha value is -3.13. The monoisotopic (exact) mass is 445 g/mol. The van der Waals surface area contributed by atoms with Gasteiger partial charge in [0.1, 0.15) is 0 Å². The SMILES string of the molecule is O=S(=O)(Cc1ccc(-c2nc(-c3ccccc3)c3ccccc3n2)cc1)N1CCOCC1. The fourth-order valence-electron chi connectivity index (χ4n) is 3.90. The summed E-state index contributed by atoms with van der Waals surface area (Å²) in [5.74, 6) is 0.589. The van der Waals surface area contributed by atoms with E-state index in [0.717, 1.165) is 33.3 Å². The number of nitrogens with zero attached hydrogens (tertiary/aromatic N) is 3. The fourth-order valence-corrected chi connectivity index (χ4v) is 5.40. The lowest BCUT2D eigenvalue weighted by molar-refractivity contribution is 0.0729. The van der Waals surface area contributed by atoms with E-state index in [9.17, 15) is 8.42 Å². The summed E-state index contributed by atoms with van der Waals surface area (Å²) >= 11 is 0. The van der Waals surface area contributed by atoms with Gasteiger partial charge in [0.2, 0.25) is 10.0 Å². The van der Waals surface area contributed by atoms with Crippen LogP contribution in [0.1, 0.15) is 5.56 Å². The lowest BCUT2D eigenvalue weighted by atomic mass is 10.1. The van der Waals surface area contributed by atoms with Crippen molar-refractivity contribution < 1.29 is 13.2 Å². The number of benzene rings is 3. The molecule has 32 heavy (non-hydrogen) atoms. The second-order valence-corrected chi connectivity index (χ2v) is 9.71. The van der Waals surface area contributed by atoms with E-state index in [4.69, 9.17) is 14.7 Å². The van der Waals surface area contributed by atoms with Crippen LogP contribution in [-0.4, -0.2) is 49.0 Å². The van der Waals surface area contributed by atoms with Crippen LogP contribution in [0, 0.1) is 0 Å². The van der Waals surface area contributed by atoms with E-state index in [0.29, 0.717) is 32.1 Å². The minimum Gasteiger partial charge on any atom is -0.379 e. The third kappa shape index (κ3) is 4.27. The van der Waals surface area contributed by atoms with Gasteiger partial charge in [-0.05, 0) is 11.6 Å². The van der Waals surface area contributed by atoms with Gasteiger partial charge in [-0.2, -0.15) is 4.31 Å². The predicted molar refractivity (Wildman–Crippen MR) is 125 cm³/mol. The molecule has 2 heterocycles. The van der Waals surface area contributed by atoms with Crippen molar-refractivity contribution in [2.24, 2.45) is 0 Å². The van der Waals surface area contributed by atoms with Gasteiger partial charge in [0.25, 0.3) is 0 Å². The normalized spacial score (nSPS) is 15.1. The molecule has 1 aromatic heterocycles.